The molecule has 18 heavy (non-hydrogen) atoms. The summed E-state index contributed by atoms with van der Waals surface area (Å²) in [6.45, 7) is 4.21. The Hall–Kier alpha value is -1.44. The average molecular weight is 248 g/mol. The van der Waals surface area contributed by atoms with Gasteiger partial charge in [-0.3, -0.25) is 4.90 Å². The van der Waals surface area contributed by atoms with Gasteiger partial charge in [-0.25, -0.2) is 4.39 Å². The van der Waals surface area contributed by atoms with Crippen molar-refractivity contribution in [2.75, 3.05) is 13.1 Å². The number of hydrogen-bond acceptors (Lipinski definition) is 3. The predicted molar refractivity (Wildman–Crippen MR) is 66.2 cm³/mol. The van der Waals surface area contributed by atoms with Crippen molar-refractivity contribution in [3.05, 3.63) is 35.1 Å². The second-order valence-corrected chi connectivity index (χ2v) is 4.94. The highest BCUT2D eigenvalue weighted by molar-refractivity contribution is 5.37. The van der Waals surface area contributed by atoms with Crippen molar-refractivity contribution in [1.82, 2.24) is 4.90 Å². The lowest BCUT2D eigenvalue weighted by atomic mass is 10.0. The fourth-order valence-electron chi connectivity index (χ4n) is 2.43. The lowest BCUT2D eigenvalue weighted by molar-refractivity contribution is 0.127. The van der Waals surface area contributed by atoms with E-state index in [1.807, 2.05) is 13.0 Å². The SMILES string of the molecule is CC(O)C1CCN(Cc2ccc(F)cc2C#N)C1. The molecule has 0 amide bonds. The van der Waals surface area contributed by atoms with E-state index in [-0.39, 0.29) is 11.9 Å². The van der Waals surface area contributed by atoms with Crippen LogP contribution in [0.3, 0.4) is 0 Å². The van der Waals surface area contributed by atoms with Crippen LogP contribution < -0.4 is 0 Å². The summed E-state index contributed by atoms with van der Waals surface area (Å²) in [5, 5.41) is 18.5. The molecule has 1 aromatic rings. The molecule has 1 heterocycles. The molecule has 0 aromatic heterocycles. The summed E-state index contributed by atoms with van der Waals surface area (Å²) in [5.74, 6) is -0.0745. The molecule has 1 saturated heterocycles. The molecular formula is C14H17FN2O. The second kappa shape index (κ2) is 5.47. The highest BCUT2D eigenvalue weighted by Crippen LogP contribution is 2.22. The summed E-state index contributed by atoms with van der Waals surface area (Å²) in [7, 11) is 0. The van der Waals surface area contributed by atoms with Crippen LogP contribution in [0.4, 0.5) is 4.39 Å². The van der Waals surface area contributed by atoms with Gasteiger partial charge >= 0.3 is 0 Å². The molecular weight excluding hydrogens is 231 g/mol. The maximum Gasteiger partial charge on any atom is 0.124 e. The van der Waals surface area contributed by atoms with E-state index >= 15 is 0 Å². The van der Waals surface area contributed by atoms with Crippen molar-refractivity contribution in [3.63, 3.8) is 0 Å². The molecule has 2 unspecified atom stereocenters. The zero-order valence-electron chi connectivity index (χ0n) is 10.4. The third-order valence-corrected chi connectivity index (χ3v) is 3.58. The van der Waals surface area contributed by atoms with Gasteiger partial charge in [-0.05, 0) is 43.5 Å². The van der Waals surface area contributed by atoms with Crippen LogP contribution in [0.15, 0.2) is 18.2 Å². The highest BCUT2D eigenvalue weighted by atomic mass is 19.1. The lowest BCUT2D eigenvalue weighted by Gasteiger charge is -2.18. The minimum Gasteiger partial charge on any atom is -0.393 e. The number of benzene rings is 1. The number of likely N-dealkylation sites (tertiary alicyclic amines) is 1. The van der Waals surface area contributed by atoms with E-state index in [1.165, 1.54) is 12.1 Å². The Morgan fingerprint density at radius 3 is 3.00 bits per heavy atom. The summed E-state index contributed by atoms with van der Waals surface area (Å²) in [4.78, 5) is 2.20. The molecule has 0 bridgehead atoms. The van der Waals surface area contributed by atoms with Crippen molar-refractivity contribution in [2.45, 2.75) is 26.0 Å². The van der Waals surface area contributed by atoms with Crippen molar-refractivity contribution < 1.29 is 9.50 Å². The van der Waals surface area contributed by atoms with E-state index in [0.29, 0.717) is 18.0 Å². The van der Waals surface area contributed by atoms with E-state index in [2.05, 4.69) is 4.90 Å². The van der Waals surface area contributed by atoms with Crippen LogP contribution in [0.2, 0.25) is 0 Å². The quantitative estimate of drug-likeness (QED) is 0.888. The van der Waals surface area contributed by atoms with E-state index < -0.39 is 0 Å². The van der Waals surface area contributed by atoms with Gasteiger partial charge in [0.25, 0.3) is 0 Å². The van der Waals surface area contributed by atoms with Gasteiger partial charge in [-0.2, -0.15) is 5.26 Å². The Labute approximate surface area is 106 Å². The first-order valence-electron chi connectivity index (χ1n) is 6.19. The van der Waals surface area contributed by atoms with Gasteiger partial charge in [0.2, 0.25) is 0 Å². The third-order valence-electron chi connectivity index (χ3n) is 3.58. The van der Waals surface area contributed by atoms with E-state index in [1.54, 1.807) is 6.07 Å². The molecule has 3 nitrogen and oxygen atoms in total. The van der Waals surface area contributed by atoms with Gasteiger partial charge < -0.3 is 5.11 Å². The molecule has 96 valence electrons. The fraction of sp³-hybridized carbons (Fsp3) is 0.500. The molecule has 0 aliphatic carbocycles. The van der Waals surface area contributed by atoms with Crippen LogP contribution in [0.25, 0.3) is 0 Å². The first-order chi connectivity index (χ1) is 8.60. The van der Waals surface area contributed by atoms with Crippen LogP contribution in [-0.2, 0) is 6.54 Å². The molecule has 2 rings (SSSR count). The molecule has 1 aromatic carbocycles. The zero-order chi connectivity index (χ0) is 13.1. The van der Waals surface area contributed by atoms with Gasteiger partial charge in [0.1, 0.15) is 5.82 Å². The minimum atomic E-state index is -0.376. The molecule has 4 heteroatoms. The second-order valence-electron chi connectivity index (χ2n) is 4.94. The number of hydrogen-bond donors (Lipinski definition) is 1. The highest BCUT2D eigenvalue weighted by Gasteiger charge is 2.26. The predicted octanol–water partition coefficient (Wildman–Crippen LogP) is 1.90. The number of halogens is 1. The third kappa shape index (κ3) is 2.87. The maximum atomic E-state index is 13.0. The smallest absolute Gasteiger partial charge is 0.124 e. The maximum absolute atomic E-state index is 13.0. The molecule has 0 spiro atoms. The van der Waals surface area contributed by atoms with E-state index in [4.69, 9.17) is 5.26 Å². The Balaban J connectivity index is 2.05. The number of rotatable bonds is 3. The van der Waals surface area contributed by atoms with Gasteiger partial charge in [0.15, 0.2) is 0 Å². The Bertz CT molecular complexity index is 467. The van der Waals surface area contributed by atoms with Crippen LogP contribution >= 0.6 is 0 Å². The average Bonchev–Trinajstić information content (AvgIpc) is 2.80. The largest absolute Gasteiger partial charge is 0.393 e. The fourth-order valence-corrected chi connectivity index (χ4v) is 2.43. The van der Waals surface area contributed by atoms with Crippen LogP contribution in [-0.4, -0.2) is 29.2 Å². The van der Waals surface area contributed by atoms with Crippen LogP contribution in [0.1, 0.15) is 24.5 Å². The number of nitriles is 1. The standard InChI is InChI=1S/C14H17FN2O/c1-10(18)11-4-5-17(8-11)9-12-2-3-14(15)6-13(12)7-16/h2-3,6,10-11,18H,4-5,8-9H2,1H3. The lowest BCUT2D eigenvalue weighted by Crippen LogP contribution is -2.24. The zero-order valence-corrected chi connectivity index (χ0v) is 10.4. The molecule has 1 N–H and O–H groups in total. The van der Waals surface area contributed by atoms with Crippen LogP contribution in [0, 0.1) is 23.1 Å². The van der Waals surface area contributed by atoms with Crippen molar-refractivity contribution >= 4 is 0 Å². The summed E-state index contributed by atoms with van der Waals surface area (Å²) >= 11 is 0. The Morgan fingerprint density at radius 1 is 1.61 bits per heavy atom. The first kappa shape index (κ1) is 13.0. The molecule has 1 fully saturated rings. The number of aliphatic hydroxyl groups is 1. The number of aliphatic hydroxyl groups excluding tert-OH is 1. The monoisotopic (exact) mass is 248 g/mol. The van der Waals surface area contributed by atoms with Gasteiger partial charge in [0.05, 0.1) is 17.7 Å². The molecule has 0 radical (unpaired) electrons. The minimum absolute atomic E-state index is 0.293. The first-order valence-corrected chi connectivity index (χ1v) is 6.19. The van der Waals surface area contributed by atoms with Crippen molar-refractivity contribution in [3.8, 4) is 6.07 Å². The number of nitrogens with zero attached hydrogens (tertiary/aromatic N) is 2. The van der Waals surface area contributed by atoms with Crippen LogP contribution in [0.5, 0.6) is 0 Å². The summed E-state index contributed by atoms with van der Waals surface area (Å²) in [5.41, 5.74) is 1.25. The molecule has 2 atom stereocenters. The Kier molecular flexibility index (Phi) is 3.95. The molecule has 1 aliphatic rings. The summed E-state index contributed by atoms with van der Waals surface area (Å²) < 4.78 is 13.0. The Morgan fingerprint density at radius 2 is 2.39 bits per heavy atom. The van der Waals surface area contributed by atoms with Gasteiger partial charge in [0, 0.05) is 13.1 Å². The van der Waals surface area contributed by atoms with E-state index in [9.17, 15) is 9.50 Å². The topological polar surface area (TPSA) is 47.3 Å². The molecule has 1 aliphatic heterocycles. The van der Waals surface area contributed by atoms with Crippen molar-refractivity contribution in [1.29, 1.82) is 5.26 Å². The molecule has 0 saturated carbocycles. The van der Waals surface area contributed by atoms with Crippen molar-refractivity contribution in [2.24, 2.45) is 5.92 Å². The normalized spacial score (nSPS) is 21.8. The summed E-state index contributed by atoms with van der Waals surface area (Å²) in [6.07, 6.45) is 0.680. The summed E-state index contributed by atoms with van der Waals surface area (Å²) in [6, 6.07) is 6.36. The van der Waals surface area contributed by atoms with E-state index in [0.717, 1.165) is 25.1 Å². The van der Waals surface area contributed by atoms with Gasteiger partial charge in [-0.15, -0.1) is 0 Å². The van der Waals surface area contributed by atoms with Gasteiger partial charge in [-0.1, -0.05) is 6.07 Å².